The van der Waals surface area contributed by atoms with Crippen molar-refractivity contribution in [2.45, 2.75) is 13.0 Å². The molecule has 1 atom stereocenters. The number of methoxy groups -OCH3 is 1. The molecule has 2 heterocycles. The maximum absolute atomic E-state index is 13.6. The first-order valence-corrected chi connectivity index (χ1v) is 10.2. The van der Waals surface area contributed by atoms with Gasteiger partial charge >= 0.3 is 0 Å². The molecule has 0 saturated carbocycles. The Bertz CT molecular complexity index is 1360. The Morgan fingerprint density at radius 2 is 1.78 bits per heavy atom. The maximum Gasteiger partial charge on any atom is 0.255 e. The second kappa shape index (κ2) is 7.77. The van der Waals surface area contributed by atoms with Gasteiger partial charge in [-0.15, -0.1) is 0 Å². The molecule has 7 heteroatoms. The first kappa shape index (κ1) is 19.7. The van der Waals surface area contributed by atoms with Gasteiger partial charge in [-0.05, 0) is 48.9 Å². The third kappa shape index (κ3) is 3.24. The zero-order valence-corrected chi connectivity index (χ0v) is 17.7. The van der Waals surface area contributed by atoms with Gasteiger partial charge in [-0.1, -0.05) is 36.4 Å². The van der Waals surface area contributed by atoms with E-state index in [9.17, 15) is 9.90 Å². The van der Waals surface area contributed by atoms with Gasteiger partial charge in [0.05, 0.1) is 35.4 Å². The summed E-state index contributed by atoms with van der Waals surface area (Å²) in [6, 6.07) is 21.6. The molecule has 1 unspecified atom stereocenters. The zero-order chi connectivity index (χ0) is 22.2. The van der Waals surface area contributed by atoms with E-state index in [4.69, 9.17) is 9.72 Å². The minimum atomic E-state index is -0.436. The highest BCUT2D eigenvalue weighted by Gasteiger charge is 2.34. The monoisotopic (exact) mass is 426 g/mol. The van der Waals surface area contributed by atoms with E-state index < -0.39 is 6.04 Å². The number of carbonyl (C=O) groups is 1. The largest absolute Gasteiger partial charge is 0.508 e. The third-order valence-electron chi connectivity index (χ3n) is 5.64. The number of fused-ring (bicyclic) bond motifs is 3. The molecule has 3 N–H and O–H groups in total. The van der Waals surface area contributed by atoms with Crippen molar-refractivity contribution < 1.29 is 14.6 Å². The quantitative estimate of drug-likeness (QED) is 0.441. The predicted molar refractivity (Wildman–Crippen MR) is 124 cm³/mol. The standard InChI is InChI=1S/C25H22N4O3/c1-15-22(24(31)27-19-8-4-6-10-21(19)32-2)23(16-11-13-17(30)14-12-16)29-20-9-5-3-7-18(20)28-25(29)26-15/h3-14,23,30H,1-2H3,(H,26,28)(H,27,31). The number of benzene rings is 3. The van der Waals surface area contributed by atoms with Crippen molar-refractivity contribution in [2.24, 2.45) is 0 Å². The number of allylic oxidation sites excluding steroid dienone is 1. The molecule has 0 saturated heterocycles. The number of nitrogens with zero attached hydrogens (tertiary/aromatic N) is 2. The second-order valence-electron chi connectivity index (χ2n) is 7.61. The van der Waals surface area contributed by atoms with Crippen LogP contribution in [0, 0.1) is 0 Å². The van der Waals surface area contributed by atoms with Crippen molar-refractivity contribution in [1.29, 1.82) is 0 Å². The molecule has 3 aromatic carbocycles. The number of para-hydroxylation sites is 4. The second-order valence-corrected chi connectivity index (χ2v) is 7.61. The number of phenolic OH excluding ortho intramolecular Hbond substituents is 1. The molecule has 1 aliphatic heterocycles. The number of aromatic nitrogens is 2. The number of rotatable bonds is 4. The van der Waals surface area contributed by atoms with Crippen LogP contribution in [0.1, 0.15) is 18.5 Å². The highest BCUT2D eigenvalue weighted by Crippen LogP contribution is 2.40. The summed E-state index contributed by atoms with van der Waals surface area (Å²) in [6.07, 6.45) is 0. The molecule has 32 heavy (non-hydrogen) atoms. The van der Waals surface area contributed by atoms with Gasteiger partial charge in [-0.25, -0.2) is 4.98 Å². The van der Waals surface area contributed by atoms with Gasteiger partial charge in [0, 0.05) is 5.70 Å². The lowest BCUT2D eigenvalue weighted by atomic mass is 9.94. The van der Waals surface area contributed by atoms with E-state index in [1.165, 1.54) is 0 Å². The van der Waals surface area contributed by atoms with Crippen LogP contribution in [0.2, 0.25) is 0 Å². The molecule has 0 aliphatic carbocycles. The fourth-order valence-electron chi connectivity index (χ4n) is 4.17. The number of anilines is 2. The number of hydrogen-bond donors (Lipinski definition) is 3. The highest BCUT2D eigenvalue weighted by atomic mass is 16.5. The fraction of sp³-hybridized carbons (Fsp3) is 0.120. The molecule has 1 amide bonds. The SMILES string of the molecule is COc1ccccc1NC(=O)C1=C(C)Nc2nc3ccccc3n2C1c1ccc(O)cc1. The molecule has 7 nitrogen and oxygen atoms in total. The van der Waals surface area contributed by atoms with E-state index in [1.54, 1.807) is 31.4 Å². The first-order chi connectivity index (χ1) is 15.6. The van der Waals surface area contributed by atoms with Gasteiger partial charge in [0.25, 0.3) is 5.91 Å². The van der Waals surface area contributed by atoms with Crippen LogP contribution in [0.5, 0.6) is 11.5 Å². The number of ether oxygens (including phenoxy) is 1. The van der Waals surface area contributed by atoms with Crippen LogP contribution in [-0.2, 0) is 4.79 Å². The Kier molecular flexibility index (Phi) is 4.78. The molecule has 1 aliphatic rings. The number of imidazole rings is 1. The Balaban J connectivity index is 1.66. The van der Waals surface area contributed by atoms with Crippen molar-refractivity contribution >= 4 is 28.6 Å². The van der Waals surface area contributed by atoms with Gasteiger partial charge in [0.2, 0.25) is 5.95 Å². The topological polar surface area (TPSA) is 88.4 Å². The third-order valence-corrected chi connectivity index (χ3v) is 5.64. The predicted octanol–water partition coefficient (Wildman–Crippen LogP) is 4.68. The summed E-state index contributed by atoms with van der Waals surface area (Å²) in [5.74, 6) is 1.16. The first-order valence-electron chi connectivity index (χ1n) is 10.2. The number of hydrogen-bond acceptors (Lipinski definition) is 5. The van der Waals surface area contributed by atoms with Gasteiger partial charge in [-0.3, -0.25) is 9.36 Å². The van der Waals surface area contributed by atoms with Crippen molar-refractivity contribution in [2.75, 3.05) is 17.7 Å². The Morgan fingerprint density at radius 3 is 2.56 bits per heavy atom. The van der Waals surface area contributed by atoms with Crippen LogP contribution in [0.3, 0.4) is 0 Å². The van der Waals surface area contributed by atoms with E-state index in [1.807, 2.05) is 60.0 Å². The van der Waals surface area contributed by atoms with E-state index in [0.717, 1.165) is 16.6 Å². The number of nitrogens with one attached hydrogen (secondary N) is 2. The summed E-state index contributed by atoms with van der Waals surface area (Å²) in [5.41, 5.74) is 4.45. The van der Waals surface area contributed by atoms with Crippen molar-refractivity contribution in [3.63, 3.8) is 0 Å². The smallest absolute Gasteiger partial charge is 0.255 e. The lowest BCUT2D eigenvalue weighted by Crippen LogP contribution is -2.31. The Morgan fingerprint density at radius 1 is 1.06 bits per heavy atom. The summed E-state index contributed by atoms with van der Waals surface area (Å²) >= 11 is 0. The minimum Gasteiger partial charge on any atom is -0.508 e. The van der Waals surface area contributed by atoms with Crippen LogP contribution in [0.25, 0.3) is 11.0 Å². The summed E-state index contributed by atoms with van der Waals surface area (Å²) in [7, 11) is 1.57. The van der Waals surface area contributed by atoms with Crippen LogP contribution >= 0.6 is 0 Å². The van der Waals surface area contributed by atoms with Crippen LogP contribution in [-0.4, -0.2) is 27.7 Å². The molecular formula is C25H22N4O3. The van der Waals surface area contributed by atoms with Gasteiger partial charge in [0.15, 0.2) is 0 Å². The van der Waals surface area contributed by atoms with Gasteiger partial charge in [0.1, 0.15) is 11.5 Å². The fourth-order valence-corrected chi connectivity index (χ4v) is 4.17. The number of amides is 1. The molecule has 5 rings (SSSR count). The van der Waals surface area contributed by atoms with E-state index in [0.29, 0.717) is 28.7 Å². The number of phenols is 1. The van der Waals surface area contributed by atoms with Crippen molar-refractivity contribution in [1.82, 2.24) is 9.55 Å². The summed E-state index contributed by atoms with van der Waals surface area (Å²) in [4.78, 5) is 18.3. The normalized spacial score (nSPS) is 15.2. The zero-order valence-electron chi connectivity index (χ0n) is 17.7. The average Bonchev–Trinajstić information content (AvgIpc) is 3.17. The Labute approximate surface area is 185 Å². The lowest BCUT2D eigenvalue weighted by Gasteiger charge is -2.31. The van der Waals surface area contributed by atoms with Crippen LogP contribution in [0.4, 0.5) is 11.6 Å². The molecule has 160 valence electrons. The van der Waals surface area contributed by atoms with Crippen LogP contribution in [0.15, 0.2) is 84.1 Å². The highest BCUT2D eigenvalue weighted by molar-refractivity contribution is 6.07. The summed E-state index contributed by atoms with van der Waals surface area (Å²) < 4.78 is 7.42. The number of aromatic hydroxyl groups is 1. The molecule has 0 fully saturated rings. The summed E-state index contributed by atoms with van der Waals surface area (Å²) in [6.45, 7) is 1.87. The molecule has 0 spiro atoms. The van der Waals surface area contributed by atoms with Crippen molar-refractivity contribution in [3.05, 3.63) is 89.6 Å². The van der Waals surface area contributed by atoms with Crippen molar-refractivity contribution in [3.8, 4) is 11.5 Å². The maximum atomic E-state index is 13.6. The number of carbonyl (C=O) groups excluding carboxylic acids is 1. The van der Waals surface area contributed by atoms with E-state index in [-0.39, 0.29) is 11.7 Å². The molecule has 4 aromatic rings. The van der Waals surface area contributed by atoms with Gasteiger partial charge in [-0.2, -0.15) is 0 Å². The molecule has 1 aromatic heterocycles. The molecule has 0 bridgehead atoms. The van der Waals surface area contributed by atoms with Gasteiger partial charge < -0.3 is 20.5 Å². The van der Waals surface area contributed by atoms with E-state index in [2.05, 4.69) is 10.6 Å². The Hall–Kier alpha value is -4.26. The van der Waals surface area contributed by atoms with Crippen LogP contribution < -0.4 is 15.4 Å². The summed E-state index contributed by atoms with van der Waals surface area (Å²) in [5, 5.41) is 16.1. The van der Waals surface area contributed by atoms with E-state index >= 15 is 0 Å². The minimum absolute atomic E-state index is 0.166. The molecule has 0 radical (unpaired) electrons. The average molecular weight is 426 g/mol. The molecular weight excluding hydrogens is 404 g/mol. The lowest BCUT2D eigenvalue weighted by molar-refractivity contribution is -0.113.